The molecule has 0 aromatic heterocycles. The minimum Gasteiger partial charge on any atom is -0.465 e. The zero-order valence-corrected chi connectivity index (χ0v) is 11.9. The number of benzene rings is 2. The van der Waals surface area contributed by atoms with Crippen LogP contribution in [0.15, 0.2) is 36.4 Å². The Labute approximate surface area is 125 Å². The fourth-order valence-corrected chi connectivity index (χ4v) is 2.02. The summed E-state index contributed by atoms with van der Waals surface area (Å²) in [5, 5.41) is 3.18. The lowest BCUT2D eigenvalue weighted by atomic mass is 10.1. The highest BCUT2D eigenvalue weighted by Crippen LogP contribution is 2.21. The first-order chi connectivity index (χ1) is 10.0. The van der Waals surface area contributed by atoms with Crippen LogP contribution in [-0.4, -0.2) is 13.1 Å². The molecule has 0 aliphatic rings. The third-order valence-electron chi connectivity index (χ3n) is 2.90. The van der Waals surface area contributed by atoms with E-state index in [9.17, 15) is 13.6 Å². The van der Waals surface area contributed by atoms with Gasteiger partial charge in [0.05, 0.1) is 12.7 Å². The normalized spacial score (nSPS) is 10.3. The van der Waals surface area contributed by atoms with Crippen LogP contribution < -0.4 is 5.32 Å². The third-order valence-corrected chi connectivity index (χ3v) is 3.26. The number of anilines is 1. The molecular formula is C15H12ClF2NO2. The first-order valence-electron chi connectivity index (χ1n) is 6.07. The summed E-state index contributed by atoms with van der Waals surface area (Å²) in [5.41, 5.74) is 0.557. The lowest BCUT2D eigenvalue weighted by Crippen LogP contribution is -2.07. The monoisotopic (exact) mass is 311 g/mol. The van der Waals surface area contributed by atoms with Crippen molar-refractivity contribution in [3.63, 3.8) is 0 Å². The second kappa shape index (κ2) is 6.54. The van der Waals surface area contributed by atoms with E-state index >= 15 is 0 Å². The van der Waals surface area contributed by atoms with Gasteiger partial charge in [0.15, 0.2) is 0 Å². The largest absolute Gasteiger partial charge is 0.465 e. The van der Waals surface area contributed by atoms with Crippen molar-refractivity contribution in [2.24, 2.45) is 0 Å². The molecular weight excluding hydrogens is 300 g/mol. The van der Waals surface area contributed by atoms with Gasteiger partial charge < -0.3 is 10.1 Å². The molecule has 0 amide bonds. The van der Waals surface area contributed by atoms with Crippen molar-refractivity contribution in [1.29, 1.82) is 0 Å². The summed E-state index contributed by atoms with van der Waals surface area (Å²) < 4.78 is 31.6. The van der Waals surface area contributed by atoms with Crippen LogP contribution in [0.2, 0.25) is 5.02 Å². The molecule has 0 saturated carbocycles. The molecule has 2 rings (SSSR count). The molecule has 110 valence electrons. The maximum absolute atomic E-state index is 13.6. The Kier molecular flexibility index (Phi) is 4.75. The number of halogens is 3. The third kappa shape index (κ3) is 3.49. The van der Waals surface area contributed by atoms with Crippen LogP contribution in [0, 0.1) is 11.6 Å². The quantitative estimate of drug-likeness (QED) is 0.867. The molecule has 6 heteroatoms. The van der Waals surface area contributed by atoms with Crippen LogP contribution in [0.3, 0.4) is 0 Å². The van der Waals surface area contributed by atoms with Crippen molar-refractivity contribution >= 4 is 23.3 Å². The standard InChI is InChI=1S/C15H12ClF2NO2/c1-21-15(20)10-7-9(5-6-14(10)18)19-8-11-12(16)3-2-4-13(11)17/h2-7,19H,8H2,1H3. The van der Waals surface area contributed by atoms with E-state index in [-0.39, 0.29) is 17.1 Å². The Morgan fingerprint density at radius 3 is 2.67 bits per heavy atom. The molecule has 0 heterocycles. The second-order valence-corrected chi connectivity index (χ2v) is 4.65. The predicted octanol–water partition coefficient (Wildman–Crippen LogP) is 4.02. The van der Waals surface area contributed by atoms with Crippen molar-refractivity contribution in [2.45, 2.75) is 6.54 Å². The number of carbonyl (C=O) groups is 1. The summed E-state index contributed by atoms with van der Waals surface area (Å²) in [6.07, 6.45) is 0. The van der Waals surface area contributed by atoms with Crippen LogP contribution in [0.4, 0.5) is 14.5 Å². The van der Waals surface area contributed by atoms with Crippen molar-refractivity contribution in [1.82, 2.24) is 0 Å². The van der Waals surface area contributed by atoms with E-state index in [1.807, 2.05) is 0 Å². The molecule has 2 aromatic rings. The van der Waals surface area contributed by atoms with Gasteiger partial charge in [-0.25, -0.2) is 13.6 Å². The number of hydrogen-bond acceptors (Lipinski definition) is 3. The number of rotatable bonds is 4. The van der Waals surface area contributed by atoms with Crippen LogP contribution >= 0.6 is 11.6 Å². The highest BCUT2D eigenvalue weighted by atomic mass is 35.5. The molecule has 0 aliphatic carbocycles. The zero-order chi connectivity index (χ0) is 15.4. The average Bonchev–Trinajstić information content (AvgIpc) is 2.47. The van der Waals surface area contributed by atoms with E-state index in [1.54, 1.807) is 6.07 Å². The maximum Gasteiger partial charge on any atom is 0.340 e. The lowest BCUT2D eigenvalue weighted by Gasteiger charge is -2.10. The molecule has 0 bridgehead atoms. The Bertz CT molecular complexity index is 656. The number of methoxy groups -OCH3 is 1. The summed E-state index contributed by atoms with van der Waals surface area (Å²) >= 11 is 5.91. The number of hydrogen-bond donors (Lipinski definition) is 1. The predicted molar refractivity (Wildman–Crippen MR) is 76.5 cm³/mol. The Morgan fingerprint density at radius 2 is 2.00 bits per heavy atom. The molecule has 0 radical (unpaired) electrons. The van der Waals surface area contributed by atoms with Crippen LogP contribution in [-0.2, 0) is 11.3 Å². The number of esters is 1. The Morgan fingerprint density at radius 1 is 1.24 bits per heavy atom. The van der Waals surface area contributed by atoms with Gasteiger partial charge >= 0.3 is 5.97 Å². The molecule has 0 saturated heterocycles. The van der Waals surface area contributed by atoms with Gasteiger partial charge in [0.2, 0.25) is 0 Å². The molecule has 21 heavy (non-hydrogen) atoms. The summed E-state index contributed by atoms with van der Waals surface area (Å²) in [5.74, 6) is -1.90. The van der Waals surface area contributed by atoms with Gasteiger partial charge in [-0.3, -0.25) is 0 Å². The van der Waals surface area contributed by atoms with E-state index < -0.39 is 17.6 Å². The van der Waals surface area contributed by atoms with Crippen molar-refractivity contribution in [3.05, 3.63) is 64.2 Å². The van der Waals surface area contributed by atoms with E-state index in [4.69, 9.17) is 11.6 Å². The molecule has 3 nitrogen and oxygen atoms in total. The SMILES string of the molecule is COC(=O)c1cc(NCc2c(F)cccc2Cl)ccc1F. The van der Waals surface area contributed by atoms with Crippen molar-refractivity contribution in [3.8, 4) is 0 Å². The smallest absolute Gasteiger partial charge is 0.340 e. The minimum absolute atomic E-state index is 0.109. The molecule has 1 N–H and O–H groups in total. The van der Waals surface area contributed by atoms with E-state index in [0.29, 0.717) is 11.3 Å². The molecule has 0 aliphatic heterocycles. The van der Waals surface area contributed by atoms with Crippen LogP contribution in [0.1, 0.15) is 15.9 Å². The molecule has 2 aromatic carbocycles. The van der Waals surface area contributed by atoms with E-state index in [2.05, 4.69) is 10.1 Å². The average molecular weight is 312 g/mol. The van der Waals surface area contributed by atoms with E-state index in [0.717, 1.165) is 6.07 Å². The number of nitrogens with one attached hydrogen (secondary N) is 1. The summed E-state index contributed by atoms with van der Waals surface area (Å²) in [6, 6.07) is 8.26. The van der Waals surface area contributed by atoms with Crippen LogP contribution in [0.25, 0.3) is 0 Å². The first-order valence-corrected chi connectivity index (χ1v) is 6.45. The summed E-state index contributed by atoms with van der Waals surface area (Å²) in [4.78, 5) is 11.4. The van der Waals surface area contributed by atoms with Crippen molar-refractivity contribution < 1.29 is 18.3 Å². The van der Waals surface area contributed by atoms with Crippen LogP contribution in [0.5, 0.6) is 0 Å². The molecule has 0 spiro atoms. The van der Waals surface area contributed by atoms with Gasteiger partial charge in [0.1, 0.15) is 11.6 Å². The fourth-order valence-electron chi connectivity index (χ4n) is 1.79. The first kappa shape index (κ1) is 15.3. The molecule has 0 atom stereocenters. The topological polar surface area (TPSA) is 38.3 Å². The highest BCUT2D eigenvalue weighted by molar-refractivity contribution is 6.31. The highest BCUT2D eigenvalue weighted by Gasteiger charge is 2.13. The Balaban J connectivity index is 2.19. The lowest BCUT2D eigenvalue weighted by molar-refractivity contribution is 0.0595. The van der Waals surface area contributed by atoms with Crippen molar-refractivity contribution in [2.75, 3.05) is 12.4 Å². The van der Waals surface area contributed by atoms with E-state index in [1.165, 1.54) is 31.4 Å². The number of carbonyl (C=O) groups excluding carboxylic acids is 1. The van der Waals surface area contributed by atoms with Gasteiger partial charge in [-0.1, -0.05) is 17.7 Å². The van der Waals surface area contributed by atoms with Gasteiger partial charge in [-0.15, -0.1) is 0 Å². The van der Waals surface area contributed by atoms with Gasteiger partial charge in [-0.05, 0) is 30.3 Å². The van der Waals surface area contributed by atoms with Gasteiger partial charge in [0, 0.05) is 22.8 Å². The maximum atomic E-state index is 13.6. The minimum atomic E-state index is -0.778. The zero-order valence-electron chi connectivity index (χ0n) is 11.1. The summed E-state index contributed by atoms with van der Waals surface area (Å²) in [7, 11) is 1.17. The number of ether oxygens (including phenoxy) is 1. The Hall–Kier alpha value is -2.14. The van der Waals surface area contributed by atoms with Gasteiger partial charge in [-0.2, -0.15) is 0 Å². The molecule has 0 fully saturated rings. The second-order valence-electron chi connectivity index (χ2n) is 4.24. The fraction of sp³-hybridized carbons (Fsp3) is 0.133. The van der Waals surface area contributed by atoms with Gasteiger partial charge in [0.25, 0.3) is 0 Å². The molecule has 0 unspecified atom stereocenters. The summed E-state index contributed by atoms with van der Waals surface area (Å²) in [6.45, 7) is 0.109.